The summed E-state index contributed by atoms with van der Waals surface area (Å²) in [6.07, 6.45) is 1.84. The first-order chi connectivity index (χ1) is 13.3. The lowest BCUT2D eigenvalue weighted by Crippen LogP contribution is -2.45. The lowest BCUT2D eigenvalue weighted by atomic mass is 9.97. The Kier molecular flexibility index (Phi) is 5.03. The van der Waals surface area contributed by atoms with E-state index in [0.29, 0.717) is 9.80 Å². The molecule has 0 atom stereocenters. The van der Waals surface area contributed by atoms with E-state index in [-0.39, 0.29) is 28.7 Å². The van der Waals surface area contributed by atoms with Crippen molar-refractivity contribution in [2.75, 3.05) is 24.6 Å². The minimum Gasteiger partial charge on any atom is -0.274 e. The molecule has 1 aliphatic carbocycles. The van der Waals surface area contributed by atoms with Crippen molar-refractivity contribution in [1.29, 1.82) is 0 Å². The van der Waals surface area contributed by atoms with Crippen molar-refractivity contribution in [2.24, 2.45) is 0 Å². The van der Waals surface area contributed by atoms with Crippen LogP contribution >= 0.6 is 0 Å². The van der Waals surface area contributed by atoms with Crippen LogP contribution in [0.25, 0.3) is 0 Å². The second kappa shape index (κ2) is 6.95. The van der Waals surface area contributed by atoms with E-state index in [1.54, 1.807) is 0 Å². The molecule has 2 bridgehead atoms. The molecule has 0 radical (unpaired) electrons. The highest BCUT2D eigenvalue weighted by atomic mass is 32.3. The van der Waals surface area contributed by atoms with E-state index >= 15 is 0 Å². The van der Waals surface area contributed by atoms with Crippen molar-refractivity contribution in [3.63, 3.8) is 0 Å². The fourth-order valence-corrected chi connectivity index (χ4v) is 3.87. The molecule has 0 saturated carbocycles. The van der Waals surface area contributed by atoms with Crippen LogP contribution in [0.3, 0.4) is 0 Å². The Bertz CT molecular complexity index is 1110. The van der Waals surface area contributed by atoms with Crippen molar-refractivity contribution < 1.29 is 43.8 Å². The van der Waals surface area contributed by atoms with Crippen LogP contribution in [-0.2, 0) is 39.6 Å². The summed E-state index contributed by atoms with van der Waals surface area (Å²) in [5.74, 6) is -6.06. The summed E-state index contributed by atoms with van der Waals surface area (Å²) in [5, 5.41) is 0. The molecule has 0 aromatic rings. The number of imide groups is 2. The third-order valence-electron chi connectivity index (χ3n) is 4.42. The first kappa shape index (κ1) is 21.0. The zero-order valence-corrected chi connectivity index (χ0v) is 16.1. The molecule has 1 fully saturated rings. The van der Waals surface area contributed by atoms with Crippen LogP contribution in [0.1, 0.15) is 6.42 Å². The smallest absolute Gasteiger partial charge is 0.274 e. The fourth-order valence-electron chi connectivity index (χ4n) is 3.07. The largest absolute Gasteiger partial charge is 0.304 e. The van der Waals surface area contributed by atoms with Gasteiger partial charge in [-0.3, -0.25) is 29.0 Å². The number of hydrogen-bond acceptors (Lipinski definition) is 8. The molecule has 2 heterocycles. The third-order valence-corrected chi connectivity index (χ3v) is 5.76. The van der Waals surface area contributed by atoms with E-state index in [0.717, 1.165) is 12.2 Å². The minimum absolute atomic E-state index is 0.113. The quantitative estimate of drug-likeness (QED) is 0.366. The van der Waals surface area contributed by atoms with Gasteiger partial charge in [0, 0.05) is 30.7 Å². The monoisotopic (exact) mass is 450 g/mol. The summed E-state index contributed by atoms with van der Waals surface area (Å²) in [5.41, 5.74) is -0.786. The second-order valence-electron chi connectivity index (χ2n) is 6.35. The van der Waals surface area contributed by atoms with E-state index < -0.39 is 68.7 Å². The third kappa shape index (κ3) is 4.17. The molecule has 1 saturated heterocycles. The van der Waals surface area contributed by atoms with Gasteiger partial charge in [0.25, 0.3) is 23.6 Å². The number of carbonyl (C=O) groups is 4. The van der Waals surface area contributed by atoms with Gasteiger partial charge >= 0.3 is 20.4 Å². The molecular weight excluding hydrogens is 438 g/mol. The topological polar surface area (TPSA) is 143 Å². The molecule has 29 heavy (non-hydrogen) atoms. The van der Waals surface area contributed by atoms with Gasteiger partial charge in [-0.25, -0.2) is 0 Å². The average molecular weight is 450 g/mol. The van der Waals surface area contributed by atoms with Crippen LogP contribution in [0.2, 0.25) is 0 Å². The van der Waals surface area contributed by atoms with E-state index in [4.69, 9.17) is 0 Å². The molecule has 156 valence electrons. The summed E-state index contributed by atoms with van der Waals surface area (Å²) < 4.78 is 68.3. The molecule has 4 amide bonds. The molecule has 0 unspecified atom stereocenters. The fraction of sp³-hybridized carbons (Fsp3) is 0.333. The first-order valence-electron chi connectivity index (χ1n) is 8.01. The van der Waals surface area contributed by atoms with Crippen LogP contribution in [0.15, 0.2) is 34.4 Å². The Morgan fingerprint density at radius 1 is 0.690 bits per heavy atom. The zero-order valence-electron chi connectivity index (χ0n) is 14.4. The van der Waals surface area contributed by atoms with Gasteiger partial charge in [-0.2, -0.15) is 16.8 Å². The Hall–Kier alpha value is -2.74. The molecule has 3 rings (SSSR count). The average Bonchev–Trinajstić information content (AvgIpc) is 2.73. The van der Waals surface area contributed by atoms with Crippen LogP contribution in [0, 0.1) is 0 Å². The summed E-state index contributed by atoms with van der Waals surface area (Å²) >= 11 is 0. The van der Waals surface area contributed by atoms with Gasteiger partial charge in [0.1, 0.15) is 0 Å². The SMILES string of the molecule is O=C1C2=CC3=C(C=C(C2)C(=O)N1CCS(=O)(=O)F)C(=O)N(CCS(=O)(=O)F)C3=O. The molecule has 2 aliphatic heterocycles. The number of nitrogens with zero attached hydrogens (tertiary/aromatic N) is 2. The minimum atomic E-state index is -4.95. The van der Waals surface area contributed by atoms with E-state index in [1.165, 1.54) is 0 Å². The lowest BCUT2D eigenvalue weighted by molar-refractivity contribution is -0.141. The molecule has 0 aromatic heterocycles. The number of likely N-dealkylation sites (tertiary alicyclic amines) is 1. The predicted octanol–water partition coefficient (Wildman–Crippen LogP) is -1.12. The van der Waals surface area contributed by atoms with Crippen LogP contribution < -0.4 is 0 Å². The van der Waals surface area contributed by atoms with Gasteiger partial charge < -0.3 is 0 Å². The van der Waals surface area contributed by atoms with E-state index in [1.807, 2.05) is 0 Å². The summed E-state index contributed by atoms with van der Waals surface area (Å²) in [6.45, 7) is -1.50. The van der Waals surface area contributed by atoms with Gasteiger partial charge in [0.05, 0.1) is 22.7 Å². The summed E-state index contributed by atoms with van der Waals surface area (Å²) in [4.78, 5) is 50.8. The van der Waals surface area contributed by atoms with Crippen molar-refractivity contribution >= 4 is 44.1 Å². The number of halogens is 2. The van der Waals surface area contributed by atoms with Crippen molar-refractivity contribution in [3.05, 3.63) is 34.4 Å². The number of piperidine rings is 1. The predicted molar refractivity (Wildman–Crippen MR) is 91.0 cm³/mol. The molecule has 10 nitrogen and oxygen atoms in total. The summed E-state index contributed by atoms with van der Waals surface area (Å²) in [7, 11) is -9.90. The van der Waals surface area contributed by atoms with Crippen molar-refractivity contribution in [3.8, 4) is 0 Å². The van der Waals surface area contributed by atoms with Crippen LogP contribution in [0.5, 0.6) is 0 Å². The number of rotatable bonds is 6. The first-order valence-corrected chi connectivity index (χ1v) is 11.1. The van der Waals surface area contributed by atoms with E-state index in [2.05, 4.69) is 0 Å². The number of carbonyl (C=O) groups excluding carboxylic acids is 4. The lowest BCUT2D eigenvalue weighted by Gasteiger charge is -2.27. The van der Waals surface area contributed by atoms with Crippen LogP contribution in [0.4, 0.5) is 7.77 Å². The molecule has 0 aromatic carbocycles. The zero-order chi connectivity index (χ0) is 21.7. The molecule has 0 spiro atoms. The maximum Gasteiger partial charge on any atom is 0.304 e. The van der Waals surface area contributed by atoms with Gasteiger partial charge in [-0.1, -0.05) is 0 Å². The number of hydrogen-bond donors (Lipinski definition) is 0. The normalized spacial score (nSPS) is 20.1. The highest BCUT2D eigenvalue weighted by Crippen LogP contribution is 2.34. The van der Waals surface area contributed by atoms with E-state index in [9.17, 15) is 43.8 Å². The summed E-state index contributed by atoms with van der Waals surface area (Å²) in [6, 6.07) is 0. The van der Waals surface area contributed by atoms with Crippen molar-refractivity contribution in [1.82, 2.24) is 9.80 Å². The Morgan fingerprint density at radius 3 is 1.38 bits per heavy atom. The number of fused-ring (bicyclic) bond motifs is 2. The Labute approximate surface area is 163 Å². The second-order valence-corrected chi connectivity index (χ2v) is 9.32. The highest BCUT2D eigenvalue weighted by Gasteiger charge is 2.42. The van der Waals surface area contributed by atoms with Gasteiger partial charge in [0.15, 0.2) is 0 Å². The molecular formula is C15H12F2N2O8S2. The van der Waals surface area contributed by atoms with Crippen molar-refractivity contribution in [2.45, 2.75) is 6.42 Å². The number of amides is 4. The maximum atomic E-state index is 12.8. The van der Waals surface area contributed by atoms with Gasteiger partial charge in [0.2, 0.25) is 0 Å². The molecule has 14 heteroatoms. The Morgan fingerprint density at radius 2 is 1.03 bits per heavy atom. The van der Waals surface area contributed by atoms with Crippen LogP contribution in [-0.4, -0.2) is 74.9 Å². The van der Waals surface area contributed by atoms with Gasteiger partial charge in [-0.05, 0) is 12.2 Å². The molecule has 0 N–H and O–H groups in total. The Balaban J connectivity index is 1.94. The standard InChI is InChI=1S/C15H12F2N2O8S2/c16-28(24,25)3-1-18-12(20)8-5-9(13(18)21)7-11-10(6-8)14(22)19(15(11)23)2-4-29(17,26)27/h6-7H,1-5H2. The van der Waals surface area contributed by atoms with Gasteiger partial charge in [-0.15, -0.1) is 7.77 Å². The highest BCUT2D eigenvalue weighted by molar-refractivity contribution is 7.86. The maximum absolute atomic E-state index is 12.8. The molecule has 3 aliphatic rings.